The van der Waals surface area contributed by atoms with Gasteiger partial charge in [-0.3, -0.25) is 5.32 Å². The first kappa shape index (κ1) is 16.0. The van der Waals surface area contributed by atoms with Crippen molar-refractivity contribution in [1.29, 1.82) is 0 Å². The van der Waals surface area contributed by atoms with Crippen LogP contribution in [0.4, 0.5) is 23.1 Å². The Labute approximate surface area is 124 Å². The summed E-state index contributed by atoms with van der Waals surface area (Å²) in [5, 5.41) is 11.2. The van der Waals surface area contributed by atoms with Gasteiger partial charge in [0.05, 0.1) is 0 Å². The molecule has 0 bridgehead atoms. The molecule has 1 fully saturated rings. The van der Waals surface area contributed by atoms with Gasteiger partial charge in [0, 0.05) is 12.5 Å². The number of amides is 2. The lowest BCUT2D eigenvalue weighted by Gasteiger charge is -2.25. The molecule has 1 saturated carbocycles. The van der Waals surface area contributed by atoms with Crippen molar-refractivity contribution in [3.05, 3.63) is 5.01 Å². The van der Waals surface area contributed by atoms with Gasteiger partial charge in [0.2, 0.25) is 5.13 Å². The Morgan fingerprint density at radius 3 is 2.62 bits per heavy atom. The van der Waals surface area contributed by atoms with Gasteiger partial charge in [0.1, 0.15) is 11.6 Å². The minimum atomic E-state index is -4.42. The monoisotopic (exact) mass is 322 g/mol. The number of urea groups is 1. The van der Waals surface area contributed by atoms with Crippen molar-refractivity contribution in [1.82, 2.24) is 15.1 Å². The van der Waals surface area contributed by atoms with Crippen LogP contribution < -0.4 is 5.32 Å². The van der Waals surface area contributed by atoms with Crippen LogP contribution in [0.5, 0.6) is 0 Å². The van der Waals surface area contributed by atoms with Crippen LogP contribution in [0.15, 0.2) is 0 Å². The van der Waals surface area contributed by atoms with Crippen LogP contribution in [0.3, 0.4) is 0 Å². The molecule has 1 aliphatic carbocycles. The molecule has 0 radical (unpaired) electrons. The van der Waals surface area contributed by atoms with Gasteiger partial charge in [-0.1, -0.05) is 25.2 Å². The number of hydrogen-bond acceptors (Lipinski definition) is 4. The van der Waals surface area contributed by atoms with Gasteiger partial charge in [0.25, 0.3) is 0 Å². The molecular weight excluding hydrogens is 305 g/mol. The first-order valence-corrected chi connectivity index (χ1v) is 7.52. The zero-order valence-electron chi connectivity index (χ0n) is 11.8. The highest BCUT2D eigenvalue weighted by atomic mass is 32.1. The highest BCUT2D eigenvalue weighted by Gasteiger charge is 2.34. The summed E-state index contributed by atoms with van der Waals surface area (Å²) in [5.74, 6) is 0.338. The Hall–Kier alpha value is -1.38. The predicted octanol–water partition coefficient (Wildman–Crippen LogP) is 3.47. The third-order valence-electron chi connectivity index (χ3n) is 2.82. The number of carbonyl (C=O) groups excluding carboxylic acids is 1. The molecule has 1 heterocycles. The van der Waals surface area contributed by atoms with E-state index in [0.29, 0.717) is 5.92 Å². The molecule has 5 nitrogen and oxygen atoms in total. The molecule has 21 heavy (non-hydrogen) atoms. The predicted molar refractivity (Wildman–Crippen MR) is 73.4 cm³/mol. The van der Waals surface area contributed by atoms with Gasteiger partial charge in [-0.15, -0.1) is 10.2 Å². The van der Waals surface area contributed by atoms with Gasteiger partial charge in [0.15, 0.2) is 0 Å². The third-order valence-corrected chi connectivity index (χ3v) is 3.83. The first-order valence-electron chi connectivity index (χ1n) is 6.70. The van der Waals surface area contributed by atoms with Crippen LogP contribution in [0.25, 0.3) is 0 Å². The molecule has 2 rings (SSSR count). The quantitative estimate of drug-likeness (QED) is 0.903. The second kappa shape index (κ2) is 6.17. The number of halogens is 3. The maximum Gasteiger partial charge on any atom is 0.406 e. The molecule has 9 heteroatoms. The van der Waals surface area contributed by atoms with Crippen molar-refractivity contribution in [2.24, 2.45) is 5.92 Å². The van der Waals surface area contributed by atoms with Crippen molar-refractivity contribution in [3.8, 4) is 0 Å². The van der Waals surface area contributed by atoms with Crippen LogP contribution >= 0.6 is 11.3 Å². The second-order valence-electron chi connectivity index (χ2n) is 5.54. The van der Waals surface area contributed by atoms with Crippen LogP contribution in [0.2, 0.25) is 0 Å². The van der Waals surface area contributed by atoms with Crippen molar-refractivity contribution in [3.63, 3.8) is 0 Å². The van der Waals surface area contributed by atoms with Crippen LogP contribution in [-0.4, -0.2) is 40.4 Å². The maximum atomic E-state index is 12.5. The van der Waals surface area contributed by atoms with E-state index < -0.39 is 18.8 Å². The lowest BCUT2D eigenvalue weighted by Crippen LogP contribution is -2.43. The Kier molecular flexibility index (Phi) is 4.70. The topological polar surface area (TPSA) is 58.1 Å². The van der Waals surface area contributed by atoms with Crippen molar-refractivity contribution >= 4 is 22.5 Å². The van der Waals surface area contributed by atoms with E-state index in [4.69, 9.17) is 0 Å². The van der Waals surface area contributed by atoms with Crippen LogP contribution in [0, 0.1) is 5.92 Å². The molecule has 0 spiro atoms. The number of anilines is 1. The minimum absolute atomic E-state index is 0.0274. The molecular formula is C12H17F3N4OS. The van der Waals surface area contributed by atoms with Gasteiger partial charge in [-0.25, -0.2) is 4.79 Å². The van der Waals surface area contributed by atoms with E-state index in [0.717, 1.165) is 22.7 Å². The van der Waals surface area contributed by atoms with E-state index in [1.54, 1.807) is 13.8 Å². The van der Waals surface area contributed by atoms with E-state index in [2.05, 4.69) is 15.5 Å². The molecule has 0 aliphatic heterocycles. The fourth-order valence-electron chi connectivity index (χ4n) is 1.83. The summed E-state index contributed by atoms with van der Waals surface area (Å²) in [4.78, 5) is 12.7. The SMILES string of the molecule is CC(C)CN(CC(F)(F)F)C(=O)Nc1nnc(C2CC2)s1. The van der Waals surface area contributed by atoms with Crippen LogP contribution in [0.1, 0.15) is 37.6 Å². The minimum Gasteiger partial charge on any atom is -0.315 e. The maximum absolute atomic E-state index is 12.5. The van der Waals surface area contributed by atoms with Crippen molar-refractivity contribution in [2.45, 2.75) is 38.8 Å². The molecule has 0 unspecified atom stereocenters. The number of nitrogens with zero attached hydrogens (tertiary/aromatic N) is 3. The molecule has 0 aromatic carbocycles. The zero-order valence-corrected chi connectivity index (χ0v) is 12.6. The molecule has 1 aromatic heterocycles. The standard InChI is InChI=1S/C12H17F3N4OS/c1-7(2)5-19(6-12(13,14)15)11(20)16-10-18-17-9(21-10)8-3-4-8/h7-8H,3-6H2,1-2H3,(H,16,18,20). The number of nitrogens with one attached hydrogen (secondary N) is 1. The van der Waals surface area contributed by atoms with Gasteiger partial charge in [-0.05, 0) is 18.8 Å². The van der Waals surface area contributed by atoms with Gasteiger partial charge < -0.3 is 4.90 Å². The van der Waals surface area contributed by atoms with E-state index >= 15 is 0 Å². The summed E-state index contributed by atoms with van der Waals surface area (Å²) in [6, 6.07) is -0.792. The lowest BCUT2D eigenvalue weighted by molar-refractivity contribution is -0.140. The zero-order chi connectivity index (χ0) is 15.6. The van der Waals surface area contributed by atoms with Crippen molar-refractivity contribution in [2.75, 3.05) is 18.4 Å². The number of rotatable bonds is 5. The summed E-state index contributed by atoms with van der Waals surface area (Å²) in [5.41, 5.74) is 0. The Bertz CT molecular complexity index is 499. The number of hydrogen-bond donors (Lipinski definition) is 1. The summed E-state index contributed by atoms with van der Waals surface area (Å²) in [6.45, 7) is 2.27. The van der Waals surface area contributed by atoms with Gasteiger partial charge >= 0.3 is 12.2 Å². The summed E-state index contributed by atoms with van der Waals surface area (Å²) in [7, 11) is 0. The van der Waals surface area contributed by atoms with E-state index in [9.17, 15) is 18.0 Å². The molecule has 2 amide bonds. The summed E-state index contributed by atoms with van der Waals surface area (Å²) < 4.78 is 37.6. The van der Waals surface area contributed by atoms with Crippen molar-refractivity contribution < 1.29 is 18.0 Å². The molecule has 1 aliphatic rings. The van der Waals surface area contributed by atoms with Crippen LogP contribution in [-0.2, 0) is 0 Å². The molecule has 0 atom stereocenters. The molecule has 1 N–H and O–H groups in total. The summed E-state index contributed by atoms with van der Waals surface area (Å²) >= 11 is 1.22. The molecule has 1 aromatic rings. The molecule has 0 saturated heterocycles. The summed E-state index contributed by atoms with van der Waals surface area (Å²) in [6.07, 6.45) is -2.32. The molecule has 118 valence electrons. The number of alkyl halides is 3. The number of aromatic nitrogens is 2. The Morgan fingerprint density at radius 1 is 1.43 bits per heavy atom. The van der Waals surface area contributed by atoms with E-state index in [1.165, 1.54) is 11.3 Å². The fraction of sp³-hybridized carbons (Fsp3) is 0.750. The average molecular weight is 322 g/mol. The fourth-order valence-corrected chi connectivity index (χ4v) is 2.73. The van der Waals surface area contributed by atoms with Gasteiger partial charge in [-0.2, -0.15) is 13.2 Å². The Morgan fingerprint density at radius 2 is 2.10 bits per heavy atom. The Balaban J connectivity index is 1.98. The second-order valence-corrected chi connectivity index (χ2v) is 6.55. The number of carbonyl (C=O) groups is 1. The average Bonchev–Trinajstić information content (AvgIpc) is 3.07. The largest absolute Gasteiger partial charge is 0.406 e. The first-order chi connectivity index (χ1) is 9.74. The van der Waals surface area contributed by atoms with E-state index in [1.807, 2.05) is 0 Å². The lowest BCUT2D eigenvalue weighted by atomic mass is 10.2. The highest BCUT2D eigenvalue weighted by Crippen LogP contribution is 2.42. The highest BCUT2D eigenvalue weighted by molar-refractivity contribution is 7.15. The smallest absolute Gasteiger partial charge is 0.315 e. The normalized spacial score (nSPS) is 15.3. The third kappa shape index (κ3) is 5.14. The van der Waals surface area contributed by atoms with E-state index in [-0.39, 0.29) is 17.6 Å².